The van der Waals surface area contributed by atoms with Crippen molar-refractivity contribution in [3.05, 3.63) is 59.4 Å². The minimum absolute atomic E-state index is 0.124. The van der Waals surface area contributed by atoms with E-state index in [-0.39, 0.29) is 5.78 Å². The van der Waals surface area contributed by atoms with E-state index in [0.29, 0.717) is 22.2 Å². The number of benzene rings is 1. The SMILES string of the molecule is O=C1c2cc(Cl)ccc2-c2cnc(-n3ccnc3)nc21. The number of hydrogen-bond donors (Lipinski definition) is 0. The van der Waals surface area contributed by atoms with Crippen LogP contribution in [0, 0.1) is 0 Å². The van der Waals surface area contributed by atoms with Gasteiger partial charge in [0.1, 0.15) is 12.0 Å². The van der Waals surface area contributed by atoms with Gasteiger partial charge in [0.25, 0.3) is 0 Å². The first-order valence-corrected chi connectivity index (χ1v) is 6.32. The lowest BCUT2D eigenvalue weighted by atomic mass is 10.1. The van der Waals surface area contributed by atoms with E-state index in [9.17, 15) is 4.79 Å². The Kier molecular flexibility index (Phi) is 2.25. The summed E-state index contributed by atoms with van der Waals surface area (Å²) in [5.74, 6) is 0.301. The molecule has 0 saturated heterocycles. The van der Waals surface area contributed by atoms with Crippen LogP contribution in [0.25, 0.3) is 17.1 Å². The molecule has 0 atom stereocenters. The molecule has 4 rings (SSSR count). The van der Waals surface area contributed by atoms with Crippen LogP contribution in [0.15, 0.2) is 43.1 Å². The molecule has 3 aromatic rings. The molecule has 6 heteroatoms. The van der Waals surface area contributed by atoms with Crippen LogP contribution in [0.3, 0.4) is 0 Å². The van der Waals surface area contributed by atoms with Gasteiger partial charge in [-0.25, -0.2) is 15.0 Å². The number of ketones is 1. The maximum Gasteiger partial charge on any atom is 0.235 e. The third-order valence-corrected chi connectivity index (χ3v) is 3.48. The van der Waals surface area contributed by atoms with Crippen molar-refractivity contribution < 1.29 is 4.79 Å². The second-order valence-electron chi connectivity index (χ2n) is 4.42. The summed E-state index contributed by atoms with van der Waals surface area (Å²) in [6, 6.07) is 5.24. The van der Waals surface area contributed by atoms with Crippen LogP contribution >= 0.6 is 11.6 Å². The van der Waals surface area contributed by atoms with Crippen molar-refractivity contribution in [3.8, 4) is 17.1 Å². The molecule has 0 N–H and O–H groups in total. The smallest absolute Gasteiger partial charge is 0.235 e. The number of carbonyl (C=O) groups is 1. The monoisotopic (exact) mass is 282 g/mol. The van der Waals surface area contributed by atoms with Crippen molar-refractivity contribution in [2.24, 2.45) is 0 Å². The Morgan fingerprint density at radius 3 is 2.85 bits per heavy atom. The minimum Gasteiger partial charge on any atom is -0.287 e. The first kappa shape index (κ1) is 11.3. The van der Waals surface area contributed by atoms with Crippen molar-refractivity contribution in [3.63, 3.8) is 0 Å². The quantitative estimate of drug-likeness (QED) is 0.538. The van der Waals surface area contributed by atoms with E-state index in [1.54, 1.807) is 41.6 Å². The average Bonchev–Trinajstić information content (AvgIpc) is 3.07. The van der Waals surface area contributed by atoms with Crippen LogP contribution in [0.4, 0.5) is 0 Å². The summed E-state index contributed by atoms with van der Waals surface area (Å²) < 4.78 is 1.66. The van der Waals surface area contributed by atoms with Gasteiger partial charge in [-0.2, -0.15) is 0 Å². The highest BCUT2D eigenvalue weighted by Crippen LogP contribution is 2.36. The predicted molar refractivity (Wildman–Crippen MR) is 73.0 cm³/mol. The summed E-state index contributed by atoms with van der Waals surface area (Å²) in [6.07, 6.45) is 6.61. The van der Waals surface area contributed by atoms with Crippen LogP contribution < -0.4 is 0 Å². The molecular formula is C14H7ClN4O. The molecule has 1 aliphatic rings. The number of nitrogens with zero attached hydrogens (tertiary/aromatic N) is 4. The molecule has 0 fully saturated rings. The van der Waals surface area contributed by atoms with Crippen LogP contribution in [-0.4, -0.2) is 25.3 Å². The van der Waals surface area contributed by atoms with Crippen molar-refractivity contribution in [1.82, 2.24) is 19.5 Å². The third-order valence-electron chi connectivity index (χ3n) is 3.24. The summed E-state index contributed by atoms with van der Waals surface area (Å²) in [5, 5.41) is 0.535. The highest BCUT2D eigenvalue weighted by molar-refractivity contribution is 6.32. The summed E-state index contributed by atoms with van der Waals surface area (Å²) in [4.78, 5) is 24.9. The van der Waals surface area contributed by atoms with Crippen LogP contribution in [0.2, 0.25) is 5.02 Å². The number of fused-ring (bicyclic) bond motifs is 3. The zero-order chi connectivity index (χ0) is 13.7. The van der Waals surface area contributed by atoms with Gasteiger partial charge in [-0.05, 0) is 17.7 Å². The van der Waals surface area contributed by atoms with Gasteiger partial charge in [0.15, 0.2) is 0 Å². The molecule has 0 radical (unpaired) electrons. The zero-order valence-electron chi connectivity index (χ0n) is 10.1. The lowest BCUT2D eigenvalue weighted by Crippen LogP contribution is -2.04. The number of hydrogen-bond acceptors (Lipinski definition) is 4. The third kappa shape index (κ3) is 1.50. The Morgan fingerprint density at radius 2 is 2.05 bits per heavy atom. The van der Waals surface area contributed by atoms with E-state index in [2.05, 4.69) is 15.0 Å². The number of carbonyl (C=O) groups excluding carboxylic acids is 1. The molecule has 96 valence electrons. The van der Waals surface area contributed by atoms with Gasteiger partial charge in [-0.1, -0.05) is 17.7 Å². The predicted octanol–water partition coefficient (Wildman–Crippen LogP) is 2.53. The Morgan fingerprint density at radius 1 is 1.15 bits per heavy atom. The summed E-state index contributed by atoms with van der Waals surface area (Å²) in [6.45, 7) is 0. The van der Waals surface area contributed by atoms with Gasteiger partial charge >= 0.3 is 0 Å². The van der Waals surface area contributed by atoms with Gasteiger partial charge in [0, 0.05) is 34.7 Å². The number of rotatable bonds is 1. The number of aromatic nitrogens is 4. The minimum atomic E-state index is -0.124. The molecule has 0 unspecified atom stereocenters. The molecule has 0 aliphatic heterocycles. The summed E-state index contributed by atoms with van der Waals surface area (Å²) in [5.41, 5.74) is 2.54. The highest BCUT2D eigenvalue weighted by Gasteiger charge is 2.29. The van der Waals surface area contributed by atoms with Crippen molar-refractivity contribution in [1.29, 1.82) is 0 Å². The normalized spacial score (nSPS) is 12.3. The van der Waals surface area contributed by atoms with E-state index in [1.807, 2.05) is 6.07 Å². The van der Waals surface area contributed by atoms with Crippen molar-refractivity contribution in [2.75, 3.05) is 0 Å². The summed E-state index contributed by atoms with van der Waals surface area (Å²) >= 11 is 5.94. The van der Waals surface area contributed by atoms with Gasteiger partial charge in [0.2, 0.25) is 11.7 Å². The largest absolute Gasteiger partial charge is 0.287 e. The van der Waals surface area contributed by atoms with E-state index in [4.69, 9.17) is 11.6 Å². The van der Waals surface area contributed by atoms with Crippen LogP contribution in [-0.2, 0) is 0 Å². The Balaban J connectivity index is 1.92. The molecule has 20 heavy (non-hydrogen) atoms. The van der Waals surface area contributed by atoms with Gasteiger partial charge in [0.05, 0.1) is 0 Å². The molecule has 2 heterocycles. The van der Waals surface area contributed by atoms with E-state index in [0.717, 1.165) is 11.1 Å². The highest BCUT2D eigenvalue weighted by atomic mass is 35.5. The van der Waals surface area contributed by atoms with E-state index in [1.165, 1.54) is 0 Å². The average molecular weight is 283 g/mol. The Bertz CT molecular complexity index is 842. The maximum absolute atomic E-state index is 12.4. The second-order valence-corrected chi connectivity index (χ2v) is 4.86. The van der Waals surface area contributed by atoms with Gasteiger partial charge in [-0.15, -0.1) is 0 Å². The molecule has 5 nitrogen and oxygen atoms in total. The Labute approximate surface area is 118 Å². The van der Waals surface area contributed by atoms with Gasteiger partial charge < -0.3 is 0 Å². The lowest BCUT2D eigenvalue weighted by Gasteiger charge is -2.02. The molecule has 2 aromatic heterocycles. The maximum atomic E-state index is 12.4. The standard InChI is InChI=1S/C14H7ClN4O/c15-8-1-2-9-10(5-8)13(20)12-11(9)6-17-14(18-12)19-4-3-16-7-19/h1-7H. The molecule has 0 saturated carbocycles. The molecular weight excluding hydrogens is 276 g/mol. The second kappa shape index (κ2) is 3.98. The number of halogens is 1. The van der Waals surface area contributed by atoms with Crippen LogP contribution in [0.5, 0.6) is 0 Å². The molecule has 0 amide bonds. The first-order chi connectivity index (χ1) is 9.74. The zero-order valence-corrected chi connectivity index (χ0v) is 10.9. The Hall–Kier alpha value is -2.53. The molecule has 0 spiro atoms. The fraction of sp³-hybridized carbons (Fsp3) is 0. The van der Waals surface area contributed by atoms with Crippen molar-refractivity contribution >= 4 is 17.4 Å². The van der Waals surface area contributed by atoms with E-state index < -0.39 is 0 Å². The van der Waals surface area contributed by atoms with E-state index >= 15 is 0 Å². The fourth-order valence-electron chi connectivity index (χ4n) is 2.31. The first-order valence-electron chi connectivity index (χ1n) is 5.94. The molecule has 1 aliphatic carbocycles. The van der Waals surface area contributed by atoms with Crippen LogP contribution in [0.1, 0.15) is 16.1 Å². The fourth-order valence-corrected chi connectivity index (χ4v) is 2.48. The van der Waals surface area contributed by atoms with Gasteiger partial charge in [-0.3, -0.25) is 9.36 Å². The topological polar surface area (TPSA) is 60.7 Å². The molecule has 0 bridgehead atoms. The number of imidazole rings is 1. The summed E-state index contributed by atoms with van der Waals surface area (Å²) in [7, 11) is 0. The molecule has 1 aromatic carbocycles. The van der Waals surface area contributed by atoms with Crippen molar-refractivity contribution in [2.45, 2.75) is 0 Å². The lowest BCUT2D eigenvalue weighted by molar-refractivity contribution is 0.103.